The van der Waals surface area contributed by atoms with Gasteiger partial charge >= 0.3 is 0 Å². The smallest absolute Gasteiger partial charge is 0.203 e. The summed E-state index contributed by atoms with van der Waals surface area (Å²) in [5.41, 5.74) is 4.54. The van der Waals surface area contributed by atoms with Crippen molar-refractivity contribution in [3.05, 3.63) is 76.9 Å². The number of benzene rings is 3. The fourth-order valence-electron chi connectivity index (χ4n) is 5.36. The van der Waals surface area contributed by atoms with E-state index >= 15 is 0 Å². The Morgan fingerprint density at radius 1 is 0.714 bits per heavy atom. The molecule has 0 saturated carbocycles. The zero-order chi connectivity index (χ0) is 24.5. The van der Waals surface area contributed by atoms with Gasteiger partial charge < -0.3 is 28.4 Å². The molecule has 3 aromatic rings. The molecule has 1 saturated heterocycles. The molecule has 0 bridgehead atoms. The van der Waals surface area contributed by atoms with Crippen LogP contribution in [0.15, 0.2) is 54.6 Å². The van der Waals surface area contributed by atoms with E-state index in [2.05, 4.69) is 41.3 Å². The van der Waals surface area contributed by atoms with Gasteiger partial charge in [0.1, 0.15) is 6.23 Å². The highest BCUT2D eigenvalue weighted by atomic mass is 16.5. The molecule has 2 aliphatic heterocycles. The summed E-state index contributed by atoms with van der Waals surface area (Å²) in [5, 5.41) is 0. The topological polar surface area (TPSA) is 58.6 Å². The van der Waals surface area contributed by atoms with Gasteiger partial charge in [-0.2, -0.15) is 0 Å². The molecule has 3 aromatic carbocycles. The summed E-state index contributed by atoms with van der Waals surface area (Å²) >= 11 is 0. The van der Waals surface area contributed by atoms with E-state index in [9.17, 15) is 0 Å². The molecule has 0 aromatic heterocycles. The molecule has 7 heteroatoms. The van der Waals surface area contributed by atoms with Crippen LogP contribution in [-0.4, -0.2) is 53.3 Å². The maximum absolute atomic E-state index is 6.39. The summed E-state index contributed by atoms with van der Waals surface area (Å²) in [6, 6.07) is 18.6. The highest BCUT2D eigenvalue weighted by molar-refractivity contribution is 5.58. The van der Waals surface area contributed by atoms with Crippen molar-refractivity contribution in [2.45, 2.75) is 24.7 Å². The van der Waals surface area contributed by atoms with Crippen LogP contribution in [0.1, 0.15) is 34.3 Å². The molecule has 0 spiro atoms. The van der Waals surface area contributed by atoms with Crippen LogP contribution in [-0.2, 0) is 11.2 Å². The summed E-state index contributed by atoms with van der Waals surface area (Å²) in [4.78, 5) is 2.45. The van der Waals surface area contributed by atoms with Crippen LogP contribution in [0.2, 0.25) is 0 Å². The monoisotopic (exact) mass is 477 g/mol. The minimum Gasteiger partial charge on any atom is -0.493 e. The third kappa shape index (κ3) is 3.94. The molecule has 35 heavy (non-hydrogen) atoms. The van der Waals surface area contributed by atoms with Gasteiger partial charge in [-0.3, -0.25) is 4.90 Å². The van der Waals surface area contributed by atoms with E-state index in [0.29, 0.717) is 35.4 Å². The predicted molar refractivity (Wildman–Crippen MR) is 132 cm³/mol. The van der Waals surface area contributed by atoms with E-state index in [0.717, 1.165) is 23.1 Å². The molecule has 1 unspecified atom stereocenters. The molecule has 5 rings (SSSR count). The highest BCUT2D eigenvalue weighted by Gasteiger charge is 2.45. The normalized spacial score (nSPS) is 21.1. The van der Waals surface area contributed by atoms with Crippen LogP contribution in [0, 0.1) is 0 Å². The van der Waals surface area contributed by atoms with Gasteiger partial charge in [0.15, 0.2) is 23.0 Å². The third-order valence-corrected chi connectivity index (χ3v) is 6.96. The fourth-order valence-corrected chi connectivity index (χ4v) is 5.36. The number of hydrogen-bond donors (Lipinski definition) is 0. The standard InChI is InChI=1S/C28H31NO6/c1-30-22-11-18-14-26-29(21(16-35-26)17-9-7-6-8-10-17)27(20(18)15-23(22)31-2)19-12-24(32-3)28(34-5)25(13-19)33-4/h6-13,15,21,26-27H,14,16H2,1-5H3/t21-,26?,27-/m0/s1. The number of hydrogen-bond acceptors (Lipinski definition) is 7. The van der Waals surface area contributed by atoms with Gasteiger partial charge in [0, 0.05) is 6.42 Å². The lowest BCUT2D eigenvalue weighted by molar-refractivity contribution is 0.00565. The Kier molecular flexibility index (Phi) is 6.45. The Labute approximate surface area is 206 Å². The number of rotatable bonds is 7. The quantitative estimate of drug-likeness (QED) is 0.486. The Bertz CT molecular complexity index is 1170. The maximum Gasteiger partial charge on any atom is 0.203 e. The molecule has 2 heterocycles. The van der Waals surface area contributed by atoms with Crippen LogP contribution in [0.4, 0.5) is 0 Å². The Balaban J connectivity index is 1.73. The zero-order valence-electron chi connectivity index (χ0n) is 20.7. The average molecular weight is 478 g/mol. The van der Waals surface area contributed by atoms with E-state index in [1.54, 1.807) is 35.5 Å². The van der Waals surface area contributed by atoms with E-state index in [-0.39, 0.29) is 18.3 Å². The van der Waals surface area contributed by atoms with Crippen LogP contribution in [0.25, 0.3) is 0 Å². The van der Waals surface area contributed by atoms with Crippen molar-refractivity contribution in [1.29, 1.82) is 0 Å². The van der Waals surface area contributed by atoms with Crippen molar-refractivity contribution in [3.8, 4) is 28.7 Å². The van der Waals surface area contributed by atoms with Crippen molar-refractivity contribution >= 4 is 0 Å². The first kappa shape index (κ1) is 23.3. The summed E-state index contributed by atoms with van der Waals surface area (Å²) in [7, 11) is 8.21. The van der Waals surface area contributed by atoms with E-state index in [1.165, 1.54) is 5.56 Å². The second-order valence-corrected chi connectivity index (χ2v) is 8.63. The minimum absolute atomic E-state index is 0.0881. The van der Waals surface area contributed by atoms with Gasteiger partial charge in [0.2, 0.25) is 5.75 Å². The molecule has 0 radical (unpaired) electrons. The molecular weight excluding hydrogens is 446 g/mol. The van der Waals surface area contributed by atoms with Gasteiger partial charge in [-0.15, -0.1) is 0 Å². The maximum atomic E-state index is 6.39. The summed E-state index contributed by atoms with van der Waals surface area (Å²) in [6.07, 6.45) is 0.662. The first-order valence-electron chi connectivity index (χ1n) is 11.6. The Morgan fingerprint density at radius 2 is 1.34 bits per heavy atom. The highest BCUT2D eigenvalue weighted by Crippen LogP contribution is 2.51. The Hall–Kier alpha value is -3.42. The predicted octanol–water partition coefficient (Wildman–Crippen LogP) is 4.77. The van der Waals surface area contributed by atoms with Crippen molar-refractivity contribution in [2.24, 2.45) is 0 Å². The van der Waals surface area contributed by atoms with E-state index in [1.807, 2.05) is 18.2 Å². The van der Waals surface area contributed by atoms with Gasteiger partial charge in [-0.1, -0.05) is 30.3 Å². The lowest BCUT2D eigenvalue weighted by Gasteiger charge is -2.41. The molecule has 7 nitrogen and oxygen atoms in total. The molecule has 0 amide bonds. The third-order valence-electron chi connectivity index (χ3n) is 6.96. The largest absolute Gasteiger partial charge is 0.493 e. The summed E-state index contributed by atoms with van der Waals surface area (Å²) in [5.74, 6) is 3.19. The second-order valence-electron chi connectivity index (χ2n) is 8.63. The number of methoxy groups -OCH3 is 5. The van der Waals surface area contributed by atoms with Crippen molar-refractivity contribution in [2.75, 3.05) is 42.2 Å². The SMILES string of the molecule is COc1cc2c(cc1OC)[C@H](c1cc(OC)c(OC)c(OC)c1)N1C(C2)OC[C@H]1c1ccccc1. The fraction of sp³-hybridized carbons (Fsp3) is 0.357. The lowest BCUT2D eigenvalue weighted by Crippen LogP contribution is -2.42. The van der Waals surface area contributed by atoms with Gasteiger partial charge in [0.05, 0.1) is 54.2 Å². The number of ether oxygens (including phenoxy) is 6. The first-order chi connectivity index (χ1) is 17.1. The average Bonchev–Trinajstić information content (AvgIpc) is 3.33. The molecular formula is C28H31NO6. The van der Waals surface area contributed by atoms with Gasteiger partial charge in [-0.05, 0) is 46.5 Å². The lowest BCUT2D eigenvalue weighted by atomic mass is 9.85. The van der Waals surface area contributed by atoms with Crippen molar-refractivity contribution in [3.63, 3.8) is 0 Å². The zero-order valence-corrected chi connectivity index (χ0v) is 20.7. The molecule has 0 aliphatic carbocycles. The van der Waals surface area contributed by atoms with Crippen molar-refractivity contribution in [1.82, 2.24) is 4.90 Å². The van der Waals surface area contributed by atoms with E-state index in [4.69, 9.17) is 28.4 Å². The Morgan fingerprint density at radius 3 is 1.94 bits per heavy atom. The summed E-state index contributed by atoms with van der Waals surface area (Å²) < 4.78 is 34.7. The van der Waals surface area contributed by atoms with Gasteiger partial charge in [0.25, 0.3) is 0 Å². The van der Waals surface area contributed by atoms with Crippen LogP contribution < -0.4 is 23.7 Å². The van der Waals surface area contributed by atoms with Crippen LogP contribution >= 0.6 is 0 Å². The van der Waals surface area contributed by atoms with Crippen LogP contribution in [0.3, 0.4) is 0 Å². The molecule has 1 fully saturated rings. The second kappa shape index (κ2) is 9.68. The molecule has 184 valence electrons. The van der Waals surface area contributed by atoms with E-state index < -0.39 is 0 Å². The number of fused-ring (bicyclic) bond motifs is 2. The van der Waals surface area contributed by atoms with Gasteiger partial charge in [-0.25, -0.2) is 0 Å². The van der Waals surface area contributed by atoms with Crippen LogP contribution in [0.5, 0.6) is 28.7 Å². The number of nitrogens with zero attached hydrogens (tertiary/aromatic N) is 1. The molecule has 0 N–H and O–H groups in total. The summed E-state index contributed by atoms with van der Waals surface area (Å²) in [6.45, 7) is 0.609. The van der Waals surface area contributed by atoms with Crippen molar-refractivity contribution < 1.29 is 28.4 Å². The first-order valence-corrected chi connectivity index (χ1v) is 11.6. The minimum atomic E-state index is -0.134. The molecule has 2 aliphatic rings. The molecule has 3 atom stereocenters.